The first-order valence-corrected chi connectivity index (χ1v) is 6.06. The number of rotatable bonds is 5. The van der Waals surface area contributed by atoms with Gasteiger partial charge in [-0.3, -0.25) is 4.79 Å². The van der Waals surface area contributed by atoms with Gasteiger partial charge in [-0.2, -0.15) is 0 Å². The Balaban J connectivity index is 2.13. The lowest BCUT2D eigenvalue weighted by atomic mass is 10.1. The zero-order valence-corrected chi connectivity index (χ0v) is 10.2. The molecule has 1 aromatic carbocycles. The van der Waals surface area contributed by atoms with Gasteiger partial charge < -0.3 is 20.5 Å². The quantitative estimate of drug-likeness (QED) is 0.768. The smallest absolute Gasteiger partial charge is 0.323 e. The summed E-state index contributed by atoms with van der Waals surface area (Å²) in [6, 6.07) is 7.35. The van der Waals surface area contributed by atoms with Crippen LogP contribution >= 0.6 is 0 Å². The average molecular weight is 250 g/mol. The van der Waals surface area contributed by atoms with Gasteiger partial charge in [-0.25, -0.2) is 0 Å². The van der Waals surface area contributed by atoms with Crippen LogP contribution in [0.2, 0.25) is 0 Å². The maximum Gasteiger partial charge on any atom is 0.323 e. The molecule has 1 heterocycles. The van der Waals surface area contributed by atoms with Crippen molar-refractivity contribution in [2.24, 2.45) is 5.92 Å². The monoisotopic (exact) mass is 250 g/mol. The molecule has 0 bridgehead atoms. The third-order valence-electron chi connectivity index (χ3n) is 3.11. The van der Waals surface area contributed by atoms with Gasteiger partial charge in [-0.15, -0.1) is 0 Å². The van der Waals surface area contributed by atoms with Crippen molar-refractivity contribution < 1.29 is 14.6 Å². The van der Waals surface area contributed by atoms with Crippen LogP contribution in [0.5, 0.6) is 0 Å². The number of carbonyl (C=O) groups is 1. The molecule has 18 heavy (non-hydrogen) atoms. The number of benzene rings is 1. The number of carboxylic acids is 1. The number of aliphatic carboxylic acids is 1. The summed E-state index contributed by atoms with van der Waals surface area (Å²) < 4.78 is 5.32. The summed E-state index contributed by atoms with van der Waals surface area (Å²) in [4.78, 5) is 12.8. The van der Waals surface area contributed by atoms with Crippen LogP contribution in [0.15, 0.2) is 24.3 Å². The van der Waals surface area contributed by atoms with Crippen molar-refractivity contribution in [1.82, 2.24) is 0 Å². The minimum absolute atomic E-state index is 0.0370. The largest absolute Gasteiger partial charge is 0.480 e. The summed E-state index contributed by atoms with van der Waals surface area (Å²) in [5.41, 5.74) is 7.30. The molecule has 3 N–H and O–H groups in total. The molecule has 1 atom stereocenters. The lowest BCUT2D eigenvalue weighted by molar-refractivity contribution is -0.135. The molecule has 0 spiro atoms. The molecule has 0 amide bonds. The van der Waals surface area contributed by atoms with Crippen molar-refractivity contribution >= 4 is 17.3 Å². The van der Waals surface area contributed by atoms with E-state index in [0.29, 0.717) is 24.8 Å². The second-order valence-corrected chi connectivity index (χ2v) is 4.56. The van der Waals surface area contributed by atoms with Gasteiger partial charge in [0.1, 0.15) is 6.54 Å². The van der Waals surface area contributed by atoms with E-state index in [1.54, 1.807) is 6.07 Å². The number of para-hydroxylation sites is 2. The minimum Gasteiger partial charge on any atom is -0.480 e. The van der Waals surface area contributed by atoms with E-state index >= 15 is 0 Å². The average Bonchev–Trinajstić information content (AvgIpc) is 2.81. The normalized spacial score (nSPS) is 18.8. The molecule has 0 saturated carbocycles. The van der Waals surface area contributed by atoms with E-state index in [4.69, 9.17) is 15.6 Å². The van der Waals surface area contributed by atoms with Crippen LogP contribution in [0, 0.1) is 5.92 Å². The van der Waals surface area contributed by atoms with E-state index in [-0.39, 0.29) is 6.54 Å². The molecule has 1 saturated heterocycles. The predicted octanol–water partition coefficient (Wildman–Crippen LogP) is 1.20. The fourth-order valence-electron chi connectivity index (χ4n) is 2.23. The molecule has 1 aliphatic heterocycles. The molecular formula is C13H18N2O3. The summed E-state index contributed by atoms with van der Waals surface area (Å²) in [5.74, 6) is -0.471. The van der Waals surface area contributed by atoms with E-state index in [1.807, 2.05) is 23.1 Å². The predicted molar refractivity (Wildman–Crippen MR) is 69.6 cm³/mol. The zero-order chi connectivity index (χ0) is 13.0. The molecule has 2 rings (SSSR count). The molecule has 1 fully saturated rings. The number of anilines is 2. The lowest BCUT2D eigenvalue weighted by Crippen LogP contribution is -2.35. The van der Waals surface area contributed by atoms with Crippen LogP contribution < -0.4 is 10.6 Å². The van der Waals surface area contributed by atoms with E-state index in [1.165, 1.54) is 0 Å². The third-order valence-corrected chi connectivity index (χ3v) is 3.11. The standard InChI is InChI=1S/C13H18N2O3/c14-11-3-1-2-4-12(11)15(8-13(16)17)7-10-5-6-18-9-10/h1-4,10H,5-9,14H2,(H,16,17). The number of hydrogen-bond donors (Lipinski definition) is 2. The highest BCUT2D eigenvalue weighted by Gasteiger charge is 2.21. The number of hydrogen-bond acceptors (Lipinski definition) is 4. The summed E-state index contributed by atoms with van der Waals surface area (Å²) in [5, 5.41) is 9.00. The lowest BCUT2D eigenvalue weighted by Gasteiger charge is -2.26. The number of nitrogen functional groups attached to an aromatic ring is 1. The molecule has 0 aromatic heterocycles. The third kappa shape index (κ3) is 3.13. The summed E-state index contributed by atoms with van der Waals surface area (Å²) >= 11 is 0. The first-order chi connectivity index (χ1) is 8.66. The minimum atomic E-state index is -0.850. The van der Waals surface area contributed by atoms with Gasteiger partial charge in [0, 0.05) is 19.1 Å². The zero-order valence-electron chi connectivity index (χ0n) is 10.2. The molecule has 98 valence electrons. The van der Waals surface area contributed by atoms with Crippen molar-refractivity contribution in [1.29, 1.82) is 0 Å². The van der Waals surface area contributed by atoms with E-state index < -0.39 is 5.97 Å². The Labute approximate surface area is 106 Å². The van der Waals surface area contributed by atoms with Gasteiger partial charge in [-0.1, -0.05) is 12.1 Å². The molecule has 1 aromatic rings. The number of nitrogens with two attached hydrogens (primary N) is 1. The van der Waals surface area contributed by atoms with Crippen molar-refractivity contribution in [2.75, 3.05) is 36.9 Å². The highest BCUT2D eigenvalue weighted by molar-refractivity contribution is 5.77. The van der Waals surface area contributed by atoms with Crippen LogP contribution in [-0.2, 0) is 9.53 Å². The number of nitrogens with zero attached hydrogens (tertiary/aromatic N) is 1. The fourth-order valence-corrected chi connectivity index (χ4v) is 2.23. The van der Waals surface area contributed by atoms with Gasteiger partial charge >= 0.3 is 5.97 Å². The number of ether oxygens (including phenoxy) is 1. The van der Waals surface area contributed by atoms with Crippen LogP contribution in [0.1, 0.15) is 6.42 Å². The topological polar surface area (TPSA) is 75.8 Å². The van der Waals surface area contributed by atoms with E-state index in [0.717, 1.165) is 18.7 Å². The highest BCUT2D eigenvalue weighted by atomic mass is 16.5. The van der Waals surface area contributed by atoms with Crippen LogP contribution in [0.4, 0.5) is 11.4 Å². The van der Waals surface area contributed by atoms with Crippen molar-refractivity contribution in [3.8, 4) is 0 Å². The van der Waals surface area contributed by atoms with Gasteiger partial charge in [0.25, 0.3) is 0 Å². The Kier molecular flexibility index (Phi) is 4.04. The van der Waals surface area contributed by atoms with E-state index in [2.05, 4.69) is 0 Å². The summed E-state index contributed by atoms with van der Waals surface area (Å²) in [6.45, 7) is 2.09. The Morgan fingerprint density at radius 3 is 2.89 bits per heavy atom. The SMILES string of the molecule is Nc1ccccc1N(CC(=O)O)CC1CCOC1. The van der Waals surface area contributed by atoms with Gasteiger partial charge in [0.05, 0.1) is 18.0 Å². The molecule has 1 unspecified atom stereocenters. The molecule has 0 radical (unpaired) electrons. The maximum absolute atomic E-state index is 11.0. The first-order valence-electron chi connectivity index (χ1n) is 6.06. The molecule has 1 aliphatic rings. The second-order valence-electron chi connectivity index (χ2n) is 4.56. The van der Waals surface area contributed by atoms with Crippen LogP contribution in [-0.4, -0.2) is 37.4 Å². The van der Waals surface area contributed by atoms with Gasteiger partial charge in [0.15, 0.2) is 0 Å². The Morgan fingerprint density at radius 1 is 1.50 bits per heavy atom. The van der Waals surface area contributed by atoms with Crippen LogP contribution in [0.3, 0.4) is 0 Å². The number of carboxylic acid groups (broad SMARTS) is 1. The first kappa shape index (κ1) is 12.7. The molecule has 5 heteroatoms. The Hall–Kier alpha value is -1.75. The Bertz CT molecular complexity index is 416. The summed E-state index contributed by atoms with van der Waals surface area (Å²) in [7, 11) is 0. The highest BCUT2D eigenvalue weighted by Crippen LogP contribution is 2.25. The Morgan fingerprint density at radius 2 is 2.28 bits per heavy atom. The summed E-state index contributed by atoms with van der Waals surface area (Å²) in [6.07, 6.45) is 0.975. The second kappa shape index (κ2) is 5.73. The van der Waals surface area contributed by atoms with Crippen LogP contribution in [0.25, 0.3) is 0 Å². The van der Waals surface area contributed by atoms with Gasteiger partial charge in [0.2, 0.25) is 0 Å². The van der Waals surface area contributed by atoms with Crippen molar-refractivity contribution in [2.45, 2.75) is 6.42 Å². The van der Waals surface area contributed by atoms with Crippen molar-refractivity contribution in [3.05, 3.63) is 24.3 Å². The molecule has 0 aliphatic carbocycles. The van der Waals surface area contributed by atoms with Gasteiger partial charge in [-0.05, 0) is 18.6 Å². The molecule has 5 nitrogen and oxygen atoms in total. The van der Waals surface area contributed by atoms with Crippen molar-refractivity contribution in [3.63, 3.8) is 0 Å². The maximum atomic E-state index is 11.0. The van der Waals surface area contributed by atoms with E-state index in [9.17, 15) is 4.79 Å². The fraction of sp³-hybridized carbons (Fsp3) is 0.462. The molecular weight excluding hydrogens is 232 g/mol.